The smallest absolute Gasteiger partial charge is 0.0365 e. The Bertz CT molecular complexity index is 203. The Kier molecular flexibility index (Phi) is 2.08. The molecule has 0 spiro atoms. The van der Waals surface area contributed by atoms with E-state index in [9.17, 15) is 0 Å². The lowest BCUT2D eigenvalue weighted by Crippen LogP contribution is -2.24. The van der Waals surface area contributed by atoms with Crippen LogP contribution in [0, 0.1) is 5.41 Å². The Hall–Kier alpha value is -0.720. The van der Waals surface area contributed by atoms with Crippen LogP contribution >= 0.6 is 0 Å². The molecule has 0 aromatic carbocycles. The van der Waals surface area contributed by atoms with E-state index in [0.717, 1.165) is 6.54 Å². The fourth-order valence-corrected chi connectivity index (χ4v) is 1.09. The summed E-state index contributed by atoms with van der Waals surface area (Å²) in [6.07, 6.45) is 4.37. The second-order valence-electron chi connectivity index (χ2n) is 4.15. The van der Waals surface area contributed by atoms with Gasteiger partial charge in [-0.05, 0) is 24.0 Å². The zero-order valence-corrected chi connectivity index (χ0v) is 7.86. The molecule has 1 rings (SSSR count). The molecular weight excluding hydrogens is 134 g/mol. The maximum Gasteiger partial charge on any atom is 0.0365 e. The third-order valence-corrected chi connectivity index (χ3v) is 2.06. The zero-order valence-electron chi connectivity index (χ0n) is 7.86. The molecule has 0 saturated carbocycles. The maximum atomic E-state index is 3.33. The van der Waals surface area contributed by atoms with Crippen LogP contribution in [-0.2, 0) is 0 Å². The van der Waals surface area contributed by atoms with Gasteiger partial charge in [0, 0.05) is 12.2 Å². The fourth-order valence-electron chi connectivity index (χ4n) is 1.09. The van der Waals surface area contributed by atoms with E-state index in [4.69, 9.17) is 0 Å². The number of hydrogen-bond donors (Lipinski definition) is 1. The largest absolute Gasteiger partial charge is 0.385 e. The minimum Gasteiger partial charge on any atom is -0.385 e. The molecule has 0 aromatic rings. The van der Waals surface area contributed by atoms with Gasteiger partial charge in [0.2, 0.25) is 0 Å². The van der Waals surface area contributed by atoms with E-state index in [2.05, 4.69) is 45.2 Å². The average molecular weight is 151 g/mol. The monoisotopic (exact) mass is 151 g/mol. The highest BCUT2D eigenvalue weighted by atomic mass is 14.9. The highest BCUT2D eigenvalue weighted by molar-refractivity contribution is 5.26. The molecule has 0 aromatic heterocycles. The molecule has 1 heterocycles. The standard InChI is InChI=1S/C10H17N/c1-8-5-6-9(7-11-8)10(2,3)4/h5-6,11H,7H2,1-4H3. The molecule has 0 fully saturated rings. The SMILES string of the molecule is CC1=CC=C(C(C)(C)C)CN1. The van der Waals surface area contributed by atoms with Crippen molar-refractivity contribution in [3.8, 4) is 0 Å². The number of allylic oxidation sites excluding steroid dienone is 3. The molecule has 0 amide bonds. The minimum atomic E-state index is 0.310. The number of nitrogens with one attached hydrogen (secondary N) is 1. The Labute approximate surface area is 69.2 Å². The molecule has 0 bridgehead atoms. The molecule has 0 aliphatic carbocycles. The van der Waals surface area contributed by atoms with Gasteiger partial charge < -0.3 is 5.32 Å². The molecule has 1 nitrogen and oxygen atoms in total. The van der Waals surface area contributed by atoms with Gasteiger partial charge >= 0.3 is 0 Å². The van der Waals surface area contributed by atoms with Gasteiger partial charge in [-0.25, -0.2) is 0 Å². The summed E-state index contributed by atoms with van der Waals surface area (Å²) in [7, 11) is 0. The zero-order chi connectivity index (χ0) is 8.48. The van der Waals surface area contributed by atoms with Gasteiger partial charge in [0.15, 0.2) is 0 Å². The van der Waals surface area contributed by atoms with Crippen LogP contribution in [0.3, 0.4) is 0 Å². The highest BCUT2D eigenvalue weighted by Gasteiger charge is 2.17. The maximum absolute atomic E-state index is 3.33. The molecule has 0 unspecified atom stereocenters. The summed E-state index contributed by atoms with van der Waals surface area (Å²) in [5, 5.41) is 3.33. The lowest BCUT2D eigenvalue weighted by Gasteiger charge is -2.26. The van der Waals surface area contributed by atoms with Gasteiger partial charge in [0.05, 0.1) is 0 Å². The second-order valence-corrected chi connectivity index (χ2v) is 4.15. The van der Waals surface area contributed by atoms with E-state index in [1.807, 2.05) is 0 Å². The fraction of sp³-hybridized carbons (Fsp3) is 0.600. The summed E-state index contributed by atoms with van der Waals surface area (Å²) in [5.41, 5.74) is 3.05. The summed E-state index contributed by atoms with van der Waals surface area (Å²) >= 11 is 0. The molecule has 0 radical (unpaired) electrons. The van der Waals surface area contributed by atoms with Crippen molar-refractivity contribution in [2.75, 3.05) is 6.54 Å². The van der Waals surface area contributed by atoms with E-state index in [1.54, 1.807) is 0 Å². The Morgan fingerprint density at radius 3 is 2.27 bits per heavy atom. The highest BCUT2D eigenvalue weighted by Crippen LogP contribution is 2.26. The molecule has 1 N–H and O–H groups in total. The van der Waals surface area contributed by atoms with Crippen molar-refractivity contribution in [1.82, 2.24) is 5.32 Å². The van der Waals surface area contributed by atoms with Crippen molar-refractivity contribution < 1.29 is 0 Å². The van der Waals surface area contributed by atoms with Crippen LogP contribution < -0.4 is 5.32 Å². The molecular formula is C10H17N. The van der Waals surface area contributed by atoms with Crippen LogP contribution in [0.1, 0.15) is 27.7 Å². The quantitative estimate of drug-likeness (QED) is 0.561. The molecule has 11 heavy (non-hydrogen) atoms. The van der Waals surface area contributed by atoms with E-state index >= 15 is 0 Å². The number of hydrogen-bond acceptors (Lipinski definition) is 1. The molecule has 62 valence electrons. The van der Waals surface area contributed by atoms with Crippen LogP contribution in [-0.4, -0.2) is 6.54 Å². The Morgan fingerprint density at radius 1 is 1.27 bits per heavy atom. The van der Waals surface area contributed by atoms with E-state index in [0.29, 0.717) is 5.41 Å². The van der Waals surface area contributed by atoms with Crippen molar-refractivity contribution in [1.29, 1.82) is 0 Å². The third kappa shape index (κ3) is 2.11. The predicted octanol–water partition coefficient (Wildman–Crippen LogP) is 2.47. The Morgan fingerprint density at radius 2 is 1.91 bits per heavy atom. The van der Waals surface area contributed by atoms with E-state index in [-0.39, 0.29) is 0 Å². The van der Waals surface area contributed by atoms with Gasteiger partial charge in [-0.15, -0.1) is 0 Å². The van der Waals surface area contributed by atoms with Crippen molar-refractivity contribution in [2.24, 2.45) is 5.41 Å². The van der Waals surface area contributed by atoms with Gasteiger partial charge in [-0.1, -0.05) is 26.8 Å². The van der Waals surface area contributed by atoms with Gasteiger partial charge in [0.25, 0.3) is 0 Å². The van der Waals surface area contributed by atoms with E-state index < -0.39 is 0 Å². The molecule has 0 atom stereocenters. The molecule has 1 aliphatic heterocycles. The first kappa shape index (κ1) is 8.38. The number of dihydropyridines is 1. The Balaban J connectivity index is 2.77. The lowest BCUT2D eigenvalue weighted by atomic mass is 9.85. The van der Waals surface area contributed by atoms with Crippen LogP contribution in [0.25, 0.3) is 0 Å². The van der Waals surface area contributed by atoms with Crippen LogP contribution in [0.15, 0.2) is 23.4 Å². The van der Waals surface area contributed by atoms with E-state index in [1.165, 1.54) is 11.3 Å². The van der Waals surface area contributed by atoms with Crippen molar-refractivity contribution in [2.45, 2.75) is 27.7 Å². The first-order valence-electron chi connectivity index (χ1n) is 4.12. The van der Waals surface area contributed by atoms with Crippen molar-refractivity contribution in [3.05, 3.63) is 23.4 Å². The summed E-state index contributed by atoms with van der Waals surface area (Å²) in [5.74, 6) is 0. The van der Waals surface area contributed by atoms with Crippen molar-refractivity contribution >= 4 is 0 Å². The topological polar surface area (TPSA) is 12.0 Å². The average Bonchev–Trinajstić information content (AvgIpc) is 1.86. The van der Waals surface area contributed by atoms with Gasteiger partial charge in [-0.2, -0.15) is 0 Å². The van der Waals surface area contributed by atoms with Crippen LogP contribution in [0.2, 0.25) is 0 Å². The van der Waals surface area contributed by atoms with Gasteiger partial charge in [0.1, 0.15) is 0 Å². The van der Waals surface area contributed by atoms with Crippen LogP contribution in [0.4, 0.5) is 0 Å². The summed E-state index contributed by atoms with van der Waals surface area (Å²) < 4.78 is 0. The molecule has 1 heteroatoms. The van der Waals surface area contributed by atoms with Crippen LogP contribution in [0.5, 0.6) is 0 Å². The second kappa shape index (κ2) is 2.72. The minimum absolute atomic E-state index is 0.310. The summed E-state index contributed by atoms with van der Waals surface area (Å²) in [6.45, 7) is 9.83. The summed E-state index contributed by atoms with van der Waals surface area (Å²) in [4.78, 5) is 0. The molecule has 1 aliphatic rings. The third-order valence-electron chi connectivity index (χ3n) is 2.06. The lowest BCUT2D eigenvalue weighted by molar-refractivity contribution is 0.483. The first-order valence-corrected chi connectivity index (χ1v) is 4.12. The predicted molar refractivity (Wildman–Crippen MR) is 49.3 cm³/mol. The number of rotatable bonds is 0. The summed E-state index contributed by atoms with van der Waals surface area (Å²) in [6, 6.07) is 0. The van der Waals surface area contributed by atoms with Gasteiger partial charge in [-0.3, -0.25) is 0 Å². The van der Waals surface area contributed by atoms with Crippen molar-refractivity contribution in [3.63, 3.8) is 0 Å². The first-order chi connectivity index (χ1) is 5.00. The normalized spacial score (nSPS) is 18.5. The molecule has 0 saturated heterocycles.